The smallest absolute Gasteiger partial charge is 0.222 e. The van der Waals surface area contributed by atoms with Crippen molar-refractivity contribution in [1.82, 2.24) is 15.5 Å². The van der Waals surface area contributed by atoms with Crippen LogP contribution in [0.25, 0.3) is 0 Å². The predicted molar refractivity (Wildman–Crippen MR) is 101 cm³/mol. The number of rotatable bonds is 5. The summed E-state index contributed by atoms with van der Waals surface area (Å²) in [5.41, 5.74) is 2.45. The highest BCUT2D eigenvalue weighted by Gasteiger charge is 2.21. The van der Waals surface area contributed by atoms with E-state index in [-0.39, 0.29) is 5.91 Å². The van der Waals surface area contributed by atoms with Crippen LogP contribution in [-0.4, -0.2) is 36.4 Å². The number of guanidine groups is 1. The van der Waals surface area contributed by atoms with Crippen molar-refractivity contribution in [3.05, 3.63) is 35.4 Å². The van der Waals surface area contributed by atoms with Crippen LogP contribution in [0, 0.1) is 0 Å². The zero-order valence-corrected chi connectivity index (χ0v) is 15.3. The molecule has 0 unspecified atom stereocenters. The number of hydrogen-bond acceptors (Lipinski definition) is 2. The summed E-state index contributed by atoms with van der Waals surface area (Å²) in [5.74, 6) is 1.15. The normalized spacial score (nSPS) is 19.3. The van der Waals surface area contributed by atoms with E-state index in [2.05, 4.69) is 39.9 Å². The molecule has 2 aliphatic rings. The van der Waals surface area contributed by atoms with E-state index >= 15 is 0 Å². The third kappa shape index (κ3) is 4.97. The molecular weight excluding hydrogens is 312 g/mol. The lowest BCUT2D eigenvalue weighted by Gasteiger charge is -2.25. The highest BCUT2D eigenvalue weighted by molar-refractivity contribution is 5.80. The fraction of sp³-hybridized carbons (Fsp3) is 0.600. The fourth-order valence-electron chi connectivity index (χ4n) is 3.77. The van der Waals surface area contributed by atoms with Crippen molar-refractivity contribution in [3.63, 3.8) is 0 Å². The Balaban J connectivity index is 1.57. The fourth-order valence-corrected chi connectivity index (χ4v) is 3.77. The van der Waals surface area contributed by atoms with Gasteiger partial charge in [-0.1, -0.05) is 43.5 Å². The summed E-state index contributed by atoms with van der Waals surface area (Å²) in [6, 6.07) is 8.91. The first kappa shape index (κ1) is 17.8. The first-order chi connectivity index (χ1) is 12.3. The molecule has 1 heterocycles. The number of amides is 1. The number of likely N-dealkylation sites (tertiary alicyclic amines) is 1. The minimum absolute atomic E-state index is 0.275. The Hall–Kier alpha value is -2.04. The Morgan fingerprint density at radius 1 is 1.16 bits per heavy atom. The summed E-state index contributed by atoms with van der Waals surface area (Å²) in [6.07, 6.45) is 8.10. The van der Waals surface area contributed by atoms with Gasteiger partial charge in [0, 0.05) is 39.1 Å². The number of aliphatic imine (C=N–C) groups is 1. The lowest BCUT2D eigenvalue weighted by Crippen LogP contribution is -2.44. The summed E-state index contributed by atoms with van der Waals surface area (Å²) in [5, 5.41) is 6.99. The van der Waals surface area contributed by atoms with Gasteiger partial charge >= 0.3 is 0 Å². The molecule has 1 aliphatic heterocycles. The molecule has 0 spiro atoms. The van der Waals surface area contributed by atoms with Crippen LogP contribution in [0.15, 0.2) is 29.3 Å². The van der Waals surface area contributed by atoms with Crippen LogP contribution in [-0.2, 0) is 17.9 Å². The zero-order chi connectivity index (χ0) is 17.5. The number of hydrogen-bond donors (Lipinski definition) is 2. The maximum atomic E-state index is 11.9. The van der Waals surface area contributed by atoms with Gasteiger partial charge in [-0.15, -0.1) is 0 Å². The number of benzene rings is 1. The Labute approximate surface area is 150 Å². The van der Waals surface area contributed by atoms with Gasteiger partial charge in [-0.05, 0) is 30.4 Å². The minimum atomic E-state index is 0.275. The molecule has 2 N–H and O–H groups in total. The van der Waals surface area contributed by atoms with Gasteiger partial charge < -0.3 is 15.5 Å². The lowest BCUT2D eigenvalue weighted by molar-refractivity contribution is -0.128. The van der Waals surface area contributed by atoms with Gasteiger partial charge in [0.1, 0.15) is 0 Å². The van der Waals surface area contributed by atoms with Crippen LogP contribution < -0.4 is 10.6 Å². The van der Waals surface area contributed by atoms with E-state index in [1.54, 1.807) is 0 Å². The van der Waals surface area contributed by atoms with Gasteiger partial charge in [-0.3, -0.25) is 9.79 Å². The van der Waals surface area contributed by atoms with Crippen molar-refractivity contribution in [1.29, 1.82) is 0 Å². The molecule has 0 bridgehead atoms. The molecule has 136 valence electrons. The second-order valence-corrected chi connectivity index (χ2v) is 7.09. The molecule has 1 aliphatic carbocycles. The molecule has 0 aromatic heterocycles. The monoisotopic (exact) mass is 342 g/mol. The van der Waals surface area contributed by atoms with E-state index in [4.69, 9.17) is 0 Å². The Morgan fingerprint density at radius 3 is 2.60 bits per heavy atom. The van der Waals surface area contributed by atoms with Crippen molar-refractivity contribution in [3.8, 4) is 0 Å². The van der Waals surface area contributed by atoms with Crippen molar-refractivity contribution in [2.24, 2.45) is 4.99 Å². The molecule has 3 rings (SSSR count). The molecule has 25 heavy (non-hydrogen) atoms. The van der Waals surface area contributed by atoms with Crippen LogP contribution in [0.3, 0.4) is 0 Å². The second-order valence-electron chi connectivity index (χ2n) is 7.09. The topological polar surface area (TPSA) is 56.7 Å². The van der Waals surface area contributed by atoms with Crippen molar-refractivity contribution in [2.45, 2.75) is 64.1 Å². The van der Waals surface area contributed by atoms with Crippen LogP contribution >= 0.6 is 0 Å². The van der Waals surface area contributed by atoms with Gasteiger partial charge in [-0.2, -0.15) is 0 Å². The Bertz CT molecular complexity index is 607. The van der Waals surface area contributed by atoms with E-state index in [0.29, 0.717) is 19.0 Å². The molecule has 1 aromatic carbocycles. The average molecular weight is 342 g/mol. The second kappa shape index (κ2) is 8.88. The molecule has 2 fully saturated rings. The summed E-state index contributed by atoms with van der Waals surface area (Å²) < 4.78 is 0. The van der Waals surface area contributed by atoms with Crippen molar-refractivity contribution in [2.75, 3.05) is 13.6 Å². The SMILES string of the molecule is CN=C(NCc1ccccc1CN1CCCC1=O)NC1CCCCC1. The van der Waals surface area contributed by atoms with E-state index in [0.717, 1.165) is 25.5 Å². The van der Waals surface area contributed by atoms with E-state index < -0.39 is 0 Å². The van der Waals surface area contributed by atoms with Crippen molar-refractivity contribution < 1.29 is 4.79 Å². The predicted octanol–water partition coefficient (Wildman–Crippen LogP) is 2.81. The summed E-state index contributed by atoms with van der Waals surface area (Å²) >= 11 is 0. The maximum Gasteiger partial charge on any atom is 0.222 e. The average Bonchev–Trinajstić information content (AvgIpc) is 3.05. The number of carbonyl (C=O) groups is 1. The highest BCUT2D eigenvalue weighted by atomic mass is 16.2. The van der Waals surface area contributed by atoms with Crippen molar-refractivity contribution >= 4 is 11.9 Å². The van der Waals surface area contributed by atoms with Crippen LogP contribution in [0.5, 0.6) is 0 Å². The van der Waals surface area contributed by atoms with Gasteiger partial charge in [-0.25, -0.2) is 0 Å². The standard InChI is InChI=1S/C20H30N4O/c1-21-20(23-18-10-3-2-4-11-18)22-14-16-8-5-6-9-17(16)15-24-13-7-12-19(24)25/h5-6,8-9,18H,2-4,7,10-15H2,1H3,(H2,21,22,23). The molecule has 1 saturated carbocycles. The third-order valence-electron chi connectivity index (χ3n) is 5.27. The van der Waals surface area contributed by atoms with Crippen LogP contribution in [0.4, 0.5) is 0 Å². The molecule has 5 heteroatoms. The number of nitrogens with one attached hydrogen (secondary N) is 2. The maximum absolute atomic E-state index is 11.9. The first-order valence-corrected chi connectivity index (χ1v) is 9.58. The molecule has 1 saturated heterocycles. The molecule has 1 amide bonds. The number of nitrogens with zero attached hydrogens (tertiary/aromatic N) is 2. The molecule has 0 atom stereocenters. The molecule has 5 nitrogen and oxygen atoms in total. The van der Waals surface area contributed by atoms with E-state index in [1.165, 1.54) is 43.2 Å². The Kier molecular flexibility index (Phi) is 6.31. The molecule has 1 aromatic rings. The van der Waals surface area contributed by atoms with Gasteiger partial charge in [0.05, 0.1) is 0 Å². The van der Waals surface area contributed by atoms with Crippen LogP contribution in [0.2, 0.25) is 0 Å². The number of carbonyl (C=O) groups excluding carboxylic acids is 1. The van der Waals surface area contributed by atoms with Gasteiger partial charge in [0.15, 0.2) is 5.96 Å². The summed E-state index contributed by atoms with van der Waals surface area (Å²) in [6.45, 7) is 2.32. The summed E-state index contributed by atoms with van der Waals surface area (Å²) in [4.78, 5) is 18.2. The first-order valence-electron chi connectivity index (χ1n) is 9.58. The third-order valence-corrected chi connectivity index (χ3v) is 5.27. The van der Waals surface area contributed by atoms with E-state index in [9.17, 15) is 4.79 Å². The molecular formula is C20H30N4O. The van der Waals surface area contributed by atoms with Crippen LogP contribution in [0.1, 0.15) is 56.1 Å². The lowest BCUT2D eigenvalue weighted by atomic mass is 9.96. The summed E-state index contributed by atoms with van der Waals surface area (Å²) in [7, 11) is 1.83. The van der Waals surface area contributed by atoms with Gasteiger partial charge in [0.2, 0.25) is 5.91 Å². The largest absolute Gasteiger partial charge is 0.354 e. The quantitative estimate of drug-likeness (QED) is 0.639. The zero-order valence-electron chi connectivity index (χ0n) is 15.3. The minimum Gasteiger partial charge on any atom is -0.354 e. The van der Waals surface area contributed by atoms with Gasteiger partial charge in [0.25, 0.3) is 0 Å². The van der Waals surface area contributed by atoms with E-state index in [1.807, 2.05) is 11.9 Å². The highest BCUT2D eigenvalue weighted by Crippen LogP contribution is 2.18. The Morgan fingerprint density at radius 2 is 1.92 bits per heavy atom. The molecule has 0 radical (unpaired) electrons.